The highest BCUT2D eigenvalue weighted by molar-refractivity contribution is 7.89. The standard InChI is InChI=1S/C21H33FN4O3S/c22-20-8-3-2-7-19(20)21(27)25(14-6-13-24-11-4-1-5-12-24)17-18-30(28,29)26-15-9-23-10-16-26/h2-3,7-8,23H,1,4-6,9-18H2. The average molecular weight is 441 g/mol. The lowest BCUT2D eigenvalue weighted by atomic mass is 10.1. The Bertz CT molecular complexity index is 793. The number of hydrogen-bond acceptors (Lipinski definition) is 5. The van der Waals surface area contributed by atoms with E-state index in [2.05, 4.69) is 10.2 Å². The summed E-state index contributed by atoms with van der Waals surface area (Å²) < 4.78 is 41.1. The van der Waals surface area contributed by atoms with Gasteiger partial charge in [-0.1, -0.05) is 18.6 Å². The van der Waals surface area contributed by atoms with Crippen molar-refractivity contribution in [3.05, 3.63) is 35.6 Å². The first kappa shape index (κ1) is 23.1. The zero-order valence-electron chi connectivity index (χ0n) is 17.6. The van der Waals surface area contributed by atoms with Crippen LogP contribution in [0.5, 0.6) is 0 Å². The van der Waals surface area contributed by atoms with E-state index < -0.39 is 21.7 Å². The number of amides is 1. The summed E-state index contributed by atoms with van der Waals surface area (Å²) in [6.45, 7) is 5.64. The van der Waals surface area contributed by atoms with Crippen LogP contribution in [0.15, 0.2) is 24.3 Å². The van der Waals surface area contributed by atoms with E-state index in [-0.39, 0.29) is 17.9 Å². The first-order valence-electron chi connectivity index (χ1n) is 10.9. The predicted molar refractivity (Wildman–Crippen MR) is 115 cm³/mol. The summed E-state index contributed by atoms with van der Waals surface area (Å²) in [5, 5.41) is 3.14. The van der Waals surface area contributed by atoms with Crippen molar-refractivity contribution in [2.45, 2.75) is 25.7 Å². The largest absolute Gasteiger partial charge is 0.337 e. The number of likely N-dealkylation sites (tertiary alicyclic amines) is 1. The molecule has 0 aromatic heterocycles. The highest BCUT2D eigenvalue weighted by Gasteiger charge is 2.26. The molecule has 0 bridgehead atoms. The van der Waals surface area contributed by atoms with Crippen LogP contribution in [0.3, 0.4) is 0 Å². The molecule has 168 valence electrons. The fraction of sp³-hybridized carbons (Fsp3) is 0.667. The number of piperazine rings is 1. The Hall–Kier alpha value is -1.55. The third-order valence-electron chi connectivity index (χ3n) is 5.83. The number of benzene rings is 1. The topological polar surface area (TPSA) is 73.0 Å². The number of carbonyl (C=O) groups is 1. The van der Waals surface area contributed by atoms with Gasteiger partial charge in [0.2, 0.25) is 10.0 Å². The molecule has 0 atom stereocenters. The third-order valence-corrected chi connectivity index (χ3v) is 7.68. The number of rotatable bonds is 9. The molecule has 9 heteroatoms. The summed E-state index contributed by atoms with van der Waals surface area (Å²) in [6.07, 6.45) is 4.40. The molecule has 7 nitrogen and oxygen atoms in total. The van der Waals surface area contributed by atoms with E-state index in [1.807, 2.05) is 0 Å². The van der Waals surface area contributed by atoms with Crippen molar-refractivity contribution in [1.82, 2.24) is 19.4 Å². The van der Waals surface area contributed by atoms with Crippen molar-refractivity contribution in [3.63, 3.8) is 0 Å². The molecule has 3 rings (SSSR count). The van der Waals surface area contributed by atoms with Crippen LogP contribution in [0.25, 0.3) is 0 Å². The molecule has 1 amide bonds. The van der Waals surface area contributed by atoms with Crippen LogP contribution in [-0.2, 0) is 10.0 Å². The van der Waals surface area contributed by atoms with Crippen LogP contribution in [0.4, 0.5) is 4.39 Å². The van der Waals surface area contributed by atoms with E-state index in [4.69, 9.17) is 0 Å². The van der Waals surface area contributed by atoms with Gasteiger partial charge in [-0.05, 0) is 51.0 Å². The number of hydrogen-bond donors (Lipinski definition) is 1. The second-order valence-corrected chi connectivity index (χ2v) is 10.1. The maximum absolute atomic E-state index is 14.2. The monoisotopic (exact) mass is 440 g/mol. The minimum absolute atomic E-state index is 0.00459. The van der Waals surface area contributed by atoms with Gasteiger partial charge in [0, 0.05) is 39.3 Å². The van der Waals surface area contributed by atoms with Gasteiger partial charge in [-0.25, -0.2) is 12.8 Å². The zero-order chi connectivity index (χ0) is 21.4. The molecular formula is C21H33FN4O3S. The van der Waals surface area contributed by atoms with Gasteiger partial charge in [0.1, 0.15) is 5.82 Å². The molecule has 2 aliphatic rings. The van der Waals surface area contributed by atoms with E-state index in [0.29, 0.717) is 32.7 Å². The Labute approximate surface area is 179 Å². The minimum atomic E-state index is -3.45. The van der Waals surface area contributed by atoms with Gasteiger partial charge in [0.05, 0.1) is 11.3 Å². The van der Waals surface area contributed by atoms with E-state index in [0.717, 1.165) is 26.1 Å². The summed E-state index contributed by atoms with van der Waals surface area (Å²) in [5.74, 6) is -1.16. The first-order chi connectivity index (χ1) is 14.5. The number of nitrogens with one attached hydrogen (secondary N) is 1. The van der Waals surface area contributed by atoms with Gasteiger partial charge in [-0.3, -0.25) is 4.79 Å². The third kappa shape index (κ3) is 6.47. The van der Waals surface area contributed by atoms with Gasteiger partial charge in [0.15, 0.2) is 0 Å². The number of sulfonamides is 1. The van der Waals surface area contributed by atoms with Gasteiger partial charge < -0.3 is 15.1 Å². The average Bonchev–Trinajstić information content (AvgIpc) is 2.77. The molecule has 0 unspecified atom stereocenters. The highest BCUT2D eigenvalue weighted by Crippen LogP contribution is 2.13. The van der Waals surface area contributed by atoms with Crippen LogP contribution in [0, 0.1) is 5.82 Å². The van der Waals surface area contributed by atoms with Crippen molar-refractivity contribution < 1.29 is 17.6 Å². The molecule has 0 aliphatic carbocycles. The van der Waals surface area contributed by atoms with Crippen LogP contribution >= 0.6 is 0 Å². The van der Waals surface area contributed by atoms with E-state index >= 15 is 0 Å². The number of halogens is 1. The minimum Gasteiger partial charge on any atom is -0.337 e. The summed E-state index contributed by atoms with van der Waals surface area (Å²) in [7, 11) is -3.45. The van der Waals surface area contributed by atoms with E-state index in [1.54, 1.807) is 12.1 Å². The molecule has 2 fully saturated rings. The molecule has 1 N–H and O–H groups in total. The second-order valence-electron chi connectivity index (χ2n) is 7.99. The number of carbonyl (C=O) groups excluding carboxylic acids is 1. The van der Waals surface area contributed by atoms with Crippen molar-refractivity contribution in [3.8, 4) is 0 Å². The quantitative estimate of drug-likeness (QED) is 0.628. The summed E-state index contributed by atoms with van der Waals surface area (Å²) in [5.41, 5.74) is -0.00459. The summed E-state index contributed by atoms with van der Waals surface area (Å²) in [4.78, 5) is 16.9. The number of nitrogens with zero attached hydrogens (tertiary/aromatic N) is 3. The van der Waals surface area contributed by atoms with Crippen LogP contribution < -0.4 is 5.32 Å². The van der Waals surface area contributed by atoms with E-state index in [9.17, 15) is 17.6 Å². The lowest BCUT2D eigenvalue weighted by Gasteiger charge is -2.30. The van der Waals surface area contributed by atoms with Crippen molar-refractivity contribution in [2.75, 3.05) is 64.7 Å². The first-order valence-corrected chi connectivity index (χ1v) is 12.5. The van der Waals surface area contributed by atoms with Gasteiger partial charge in [0.25, 0.3) is 5.91 Å². The molecule has 0 saturated carbocycles. The Morgan fingerprint density at radius 1 is 1.03 bits per heavy atom. The van der Waals surface area contributed by atoms with Crippen molar-refractivity contribution >= 4 is 15.9 Å². The maximum Gasteiger partial charge on any atom is 0.256 e. The van der Waals surface area contributed by atoms with Gasteiger partial charge in [-0.15, -0.1) is 0 Å². The SMILES string of the molecule is O=C(c1ccccc1F)N(CCCN1CCCCC1)CCS(=O)(=O)N1CCNCC1. The Balaban J connectivity index is 1.63. The molecule has 0 radical (unpaired) electrons. The highest BCUT2D eigenvalue weighted by atomic mass is 32.2. The predicted octanol–water partition coefficient (Wildman–Crippen LogP) is 1.38. The molecule has 2 saturated heterocycles. The molecule has 0 spiro atoms. The smallest absolute Gasteiger partial charge is 0.256 e. The summed E-state index contributed by atoms with van der Waals surface area (Å²) in [6, 6.07) is 5.89. The fourth-order valence-electron chi connectivity index (χ4n) is 4.07. The molecule has 1 aromatic rings. The molecule has 30 heavy (non-hydrogen) atoms. The van der Waals surface area contributed by atoms with Crippen LogP contribution in [-0.4, -0.2) is 93.1 Å². The normalized spacial score (nSPS) is 19.0. The molecule has 2 aliphatic heterocycles. The lowest BCUT2D eigenvalue weighted by molar-refractivity contribution is 0.0751. The Morgan fingerprint density at radius 2 is 1.73 bits per heavy atom. The van der Waals surface area contributed by atoms with Crippen LogP contribution in [0.1, 0.15) is 36.0 Å². The Morgan fingerprint density at radius 3 is 2.43 bits per heavy atom. The molecule has 2 heterocycles. The van der Waals surface area contributed by atoms with Gasteiger partial charge >= 0.3 is 0 Å². The Kier molecular flexibility index (Phi) is 8.61. The summed E-state index contributed by atoms with van der Waals surface area (Å²) >= 11 is 0. The molecular weight excluding hydrogens is 407 g/mol. The van der Waals surface area contributed by atoms with Gasteiger partial charge in [-0.2, -0.15) is 4.31 Å². The van der Waals surface area contributed by atoms with Crippen molar-refractivity contribution in [1.29, 1.82) is 0 Å². The maximum atomic E-state index is 14.2. The molecule has 1 aromatic carbocycles. The van der Waals surface area contributed by atoms with Crippen molar-refractivity contribution in [2.24, 2.45) is 0 Å². The second kappa shape index (κ2) is 11.2. The fourth-order valence-corrected chi connectivity index (χ4v) is 5.51. The lowest BCUT2D eigenvalue weighted by Crippen LogP contribution is -2.48. The number of piperidine rings is 1. The zero-order valence-corrected chi connectivity index (χ0v) is 18.4. The van der Waals surface area contributed by atoms with E-state index in [1.165, 1.54) is 40.6 Å². The van der Waals surface area contributed by atoms with Crippen LogP contribution in [0.2, 0.25) is 0 Å².